The van der Waals surface area contributed by atoms with Gasteiger partial charge in [0.1, 0.15) is 0 Å². The van der Waals surface area contributed by atoms with Crippen molar-refractivity contribution < 1.29 is 13.2 Å². The zero-order valence-corrected chi connectivity index (χ0v) is 19.1. The number of hydrogen-bond acceptors (Lipinski definition) is 4. The third-order valence-corrected chi connectivity index (χ3v) is 8.50. The highest BCUT2D eigenvalue weighted by Gasteiger charge is 2.31. The molecule has 1 amide bonds. The minimum Gasteiger partial charge on any atom is -0.368 e. The molecule has 2 aromatic carbocycles. The van der Waals surface area contributed by atoms with E-state index in [1.807, 2.05) is 24.0 Å². The van der Waals surface area contributed by atoms with Crippen LogP contribution in [0.15, 0.2) is 53.4 Å². The van der Waals surface area contributed by atoms with E-state index < -0.39 is 10.0 Å². The van der Waals surface area contributed by atoms with Gasteiger partial charge in [-0.1, -0.05) is 24.6 Å². The second-order valence-corrected chi connectivity index (χ2v) is 10.4. The summed E-state index contributed by atoms with van der Waals surface area (Å²) in [6.45, 7) is 7.51. The summed E-state index contributed by atoms with van der Waals surface area (Å²) in [5.74, 6) is -0.0419. The number of nitrogens with zero attached hydrogens (tertiary/aromatic N) is 3. The van der Waals surface area contributed by atoms with Crippen molar-refractivity contribution >= 4 is 21.6 Å². The number of amides is 1. The van der Waals surface area contributed by atoms with Gasteiger partial charge in [-0.05, 0) is 62.6 Å². The quantitative estimate of drug-likeness (QED) is 0.728. The molecule has 31 heavy (non-hydrogen) atoms. The number of carbonyl (C=O) groups excluding carboxylic acids is 1. The summed E-state index contributed by atoms with van der Waals surface area (Å²) in [7, 11) is -3.52. The Labute approximate surface area is 185 Å². The fraction of sp³-hybridized carbons (Fsp3) is 0.458. The molecule has 2 aromatic rings. The molecule has 1 unspecified atom stereocenters. The molecule has 0 aromatic heterocycles. The smallest absolute Gasteiger partial charge is 0.253 e. The molecule has 0 bridgehead atoms. The van der Waals surface area contributed by atoms with E-state index in [0.29, 0.717) is 25.2 Å². The molecule has 6 nitrogen and oxygen atoms in total. The molecule has 2 saturated heterocycles. The normalized spacial score (nSPS) is 20.6. The predicted octanol–water partition coefficient (Wildman–Crippen LogP) is 3.52. The maximum Gasteiger partial charge on any atom is 0.253 e. The number of rotatable bonds is 4. The average Bonchev–Trinajstić information content (AvgIpc) is 2.79. The van der Waals surface area contributed by atoms with Gasteiger partial charge in [0.15, 0.2) is 0 Å². The zero-order valence-electron chi connectivity index (χ0n) is 18.3. The van der Waals surface area contributed by atoms with Crippen LogP contribution in [0.2, 0.25) is 0 Å². The van der Waals surface area contributed by atoms with Gasteiger partial charge >= 0.3 is 0 Å². The fourth-order valence-electron chi connectivity index (χ4n) is 4.58. The summed E-state index contributed by atoms with van der Waals surface area (Å²) in [6.07, 6.45) is 2.86. The zero-order chi connectivity index (χ0) is 22.0. The molecule has 0 aliphatic carbocycles. The number of benzene rings is 2. The van der Waals surface area contributed by atoms with Crippen LogP contribution in [-0.2, 0) is 10.0 Å². The van der Waals surface area contributed by atoms with Gasteiger partial charge in [-0.15, -0.1) is 0 Å². The fourth-order valence-corrected chi connectivity index (χ4v) is 6.28. The Balaban J connectivity index is 1.41. The van der Waals surface area contributed by atoms with Gasteiger partial charge in [-0.2, -0.15) is 4.31 Å². The molecule has 2 fully saturated rings. The maximum absolute atomic E-state index is 13.0. The van der Waals surface area contributed by atoms with Gasteiger partial charge in [0, 0.05) is 50.0 Å². The molecule has 2 aliphatic rings. The van der Waals surface area contributed by atoms with Crippen LogP contribution in [0.25, 0.3) is 0 Å². The monoisotopic (exact) mass is 441 g/mol. The van der Waals surface area contributed by atoms with Crippen LogP contribution in [0, 0.1) is 6.92 Å². The van der Waals surface area contributed by atoms with E-state index in [0.717, 1.165) is 32.4 Å². The Morgan fingerprint density at radius 2 is 1.58 bits per heavy atom. The molecule has 4 rings (SSSR count). The molecule has 2 heterocycles. The summed E-state index contributed by atoms with van der Waals surface area (Å²) in [6, 6.07) is 14.8. The Hall–Kier alpha value is -2.38. The molecule has 7 heteroatoms. The Morgan fingerprint density at radius 3 is 2.23 bits per heavy atom. The number of anilines is 1. The molecular weight excluding hydrogens is 410 g/mol. The van der Waals surface area contributed by atoms with Crippen molar-refractivity contribution in [1.29, 1.82) is 0 Å². The lowest BCUT2D eigenvalue weighted by molar-refractivity contribution is 0.0746. The van der Waals surface area contributed by atoms with Gasteiger partial charge in [0.25, 0.3) is 5.91 Å². The number of piperidine rings is 1. The topological polar surface area (TPSA) is 60.9 Å². The van der Waals surface area contributed by atoms with Gasteiger partial charge in [-0.3, -0.25) is 4.79 Å². The number of hydrogen-bond donors (Lipinski definition) is 0. The molecule has 2 aliphatic heterocycles. The van der Waals surface area contributed by atoms with Crippen molar-refractivity contribution in [3.05, 3.63) is 59.7 Å². The van der Waals surface area contributed by atoms with Crippen LogP contribution in [0.1, 0.15) is 42.1 Å². The third-order valence-electron chi connectivity index (χ3n) is 6.47. The summed E-state index contributed by atoms with van der Waals surface area (Å²) in [5.41, 5.74) is 2.99. The number of para-hydroxylation sites is 1. The highest BCUT2D eigenvalue weighted by molar-refractivity contribution is 7.89. The minimum atomic E-state index is -3.52. The summed E-state index contributed by atoms with van der Waals surface area (Å²) < 4.78 is 27.6. The van der Waals surface area contributed by atoms with Gasteiger partial charge in [0.2, 0.25) is 10.0 Å². The molecule has 0 saturated carbocycles. The lowest BCUT2D eigenvalue weighted by Crippen LogP contribution is -2.49. The first-order valence-corrected chi connectivity index (χ1v) is 12.5. The second-order valence-electron chi connectivity index (χ2n) is 8.55. The van der Waals surface area contributed by atoms with Crippen molar-refractivity contribution in [3.63, 3.8) is 0 Å². The summed E-state index contributed by atoms with van der Waals surface area (Å²) >= 11 is 0. The van der Waals surface area contributed by atoms with Crippen molar-refractivity contribution in [2.24, 2.45) is 0 Å². The SMILES string of the molecule is Cc1ccccc1N1CCN(C(=O)c2ccc(S(=O)(=O)N3CCCCC3C)cc2)CC1. The predicted molar refractivity (Wildman–Crippen MR) is 123 cm³/mol. The van der Waals surface area contributed by atoms with Crippen molar-refractivity contribution in [3.8, 4) is 0 Å². The number of aryl methyl sites for hydroxylation is 1. The van der Waals surface area contributed by atoms with E-state index in [-0.39, 0.29) is 16.8 Å². The molecule has 0 N–H and O–H groups in total. The van der Waals surface area contributed by atoms with Crippen LogP contribution in [0.5, 0.6) is 0 Å². The first-order chi connectivity index (χ1) is 14.9. The standard InChI is InChI=1S/C24H31N3O3S/c1-19-7-3-4-9-23(19)25-15-17-26(18-16-25)24(28)21-10-12-22(13-11-21)31(29,30)27-14-6-5-8-20(27)2/h3-4,7,9-13,20H,5-6,8,14-18H2,1-2H3. The summed E-state index contributed by atoms with van der Waals surface area (Å²) in [5, 5.41) is 0. The lowest BCUT2D eigenvalue weighted by atomic mass is 10.1. The highest BCUT2D eigenvalue weighted by atomic mass is 32.2. The van der Waals surface area contributed by atoms with Crippen LogP contribution in [0.3, 0.4) is 0 Å². The van der Waals surface area contributed by atoms with Crippen molar-refractivity contribution in [2.45, 2.75) is 44.0 Å². The third kappa shape index (κ3) is 4.48. The molecule has 166 valence electrons. The van der Waals surface area contributed by atoms with Crippen molar-refractivity contribution in [2.75, 3.05) is 37.6 Å². The largest absolute Gasteiger partial charge is 0.368 e. The van der Waals surface area contributed by atoms with Crippen molar-refractivity contribution in [1.82, 2.24) is 9.21 Å². The van der Waals surface area contributed by atoms with Gasteiger partial charge < -0.3 is 9.80 Å². The van der Waals surface area contributed by atoms with Crippen LogP contribution >= 0.6 is 0 Å². The van der Waals surface area contributed by atoms with E-state index in [1.54, 1.807) is 28.6 Å². The number of carbonyl (C=O) groups is 1. The molecule has 1 atom stereocenters. The average molecular weight is 442 g/mol. The first kappa shape index (κ1) is 21.8. The Morgan fingerprint density at radius 1 is 0.903 bits per heavy atom. The molecule has 0 radical (unpaired) electrons. The molecular formula is C24H31N3O3S. The Bertz CT molecular complexity index is 1030. The van der Waals surface area contributed by atoms with E-state index in [4.69, 9.17) is 0 Å². The maximum atomic E-state index is 13.0. The van der Waals surface area contributed by atoms with Gasteiger partial charge in [-0.25, -0.2) is 8.42 Å². The Kier molecular flexibility index (Phi) is 6.34. The van der Waals surface area contributed by atoms with E-state index in [2.05, 4.69) is 24.0 Å². The minimum absolute atomic E-state index is 0.0182. The first-order valence-electron chi connectivity index (χ1n) is 11.1. The number of sulfonamides is 1. The van der Waals surface area contributed by atoms with E-state index >= 15 is 0 Å². The van der Waals surface area contributed by atoms with Crippen LogP contribution < -0.4 is 4.90 Å². The van der Waals surface area contributed by atoms with Crippen LogP contribution in [-0.4, -0.2) is 62.3 Å². The van der Waals surface area contributed by atoms with Crippen LogP contribution in [0.4, 0.5) is 5.69 Å². The molecule has 0 spiro atoms. The summed E-state index contributed by atoms with van der Waals surface area (Å²) in [4.78, 5) is 17.4. The highest BCUT2D eigenvalue weighted by Crippen LogP contribution is 2.26. The lowest BCUT2D eigenvalue weighted by Gasteiger charge is -2.37. The second kappa shape index (κ2) is 9.01. The van der Waals surface area contributed by atoms with E-state index in [1.165, 1.54) is 11.3 Å². The number of piperazine rings is 1. The van der Waals surface area contributed by atoms with Gasteiger partial charge in [0.05, 0.1) is 4.90 Å². The van der Waals surface area contributed by atoms with E-state index in [9.17, 15) is 13.2 Å².